The molecular weight excluding hydrogens is 351 g/mol. The maximum atomic E-state index is 12.5. The third-order valence-electron chi connectivity index (χ3n) is 3.41. The second-order valence-electron chi connectivity index (χ2n) is 5.01. The van der Waals surface area contributed by atoms with Gasteiger partial charge in [-0.05, 0) is 31.2 Å². The van der Waals surface area contributed by atoms with Gasteiger partial charge < -0.3 is 10.3 Å². The Balaban J connectivity index is 2.00. The maximum Gasteiger partial charge on any atom is 0.330 e. The van der Waals surface area contributed by atoms with E-state index in [0.29, 0.717) is 17.1 Å². The first kappa shape index (κ1) is 16.3. The van der Waals surface area contributed by atoms with Crippen molar-refractivity contribution in [3.05, 3.63) is 74.6 Å². The average Bonchev–Trinajstić information content (AvgIpc) is 2.87. The minimum Gasteiger partial charge on any atom is -0.320 e. The van der Waals surface area contributed by atoms with Gasteiger partial charge in [-0.3, -0.25) is 9.36 Å². The SMILES string of the molecule is Cc1c[nH]c(=O)n1-c1ccccc1NC(=O)c1ccc(Cl)nc1Cl. The van der Waals surface area contributed by atoms with Crippen LogP contribution in [0.1, 0.15) is 16.1 Å². The standard InChI is InChI=1S/C16H12Cl2N4O2/c1-9-8-19-16(24)22(9)12-5-3-2-4-11(12)20-15(23)10-6-7-13(17)21-14(10)18/h2-8H,1H3,(H,19,24)(H,20,23). The van der Waals surface area contributed by atoms with Crippen LogP contribution in [0.2, 0.25) is 10.3 Å². The highest BCUT2D eigenvalue weighted by molar-refractivity contribution is 6.35. The highest BCUT2D eigenvalue weighted by Crippen LogP contribution is 2.23. The van der Waals surface area contributed by atoms with E-state index in [0.717, 1.165) is 0 Å². The highest BCUT2D eigenvalue weighted by atomic mass is 35.5. The average molecular weight is 363 g/mol. The van der Waals surface area contributed by atoms with Gasteiger partial charge in [0.05, 0.1) is 16.9 Å². The predicted octanol–water partition coefficient (Wildman–Crippen LogP) is 3.43. The number of carbonyl (C=O) groups excluding carboxylic acids is 1. The van der Waals surface area contributed by atoms with E-state index < -0.39 is 5.91 Å². The predicted molar refractivity (Wildman–Crippen MR) is 93.3 cm³/mol. The molecule has 8 heteroatoms. The third-order valence-corrected chi connectivity index (χ3v) is 3.91. The number of carbonyl (C=O) groups is 1. The first-order valence-corrected chi connectivity index (χ1v) is 7.73. The fourth-order valence-electron chi connectivity index (χ4n) is 2.30. The number of hydrogen-bond acceptors (Lipinski definition) is 3. The zero-order valence-electron chi connectivity index (χ0n) is 12.5. The smallest absolute Gasteiger partial charge is 0.320 e. The van der Waals surface area contributed by atoms with E-state index in [9.17, 15) is 9.59 Å². The lowest BCUT2D eigenvalue weighted by Crippen LogP contribution is -2.20. The second kappa shape index (κ2) is 6.51. The monoisotopic (exact) mass is 362 g/mol. The van der Waals surface area contributed by atoms with Crippen LogP contribution in [0.5, 0.6) is 0 Å². The van der Waals surface area contributed by atoms with E-state index in [1.165, 1.54) is 16.7 Å². The van der Waals surface area contributed by atoms with Gasteiger partial charge >= 0.3 is 5.69 Å². The van der Waals surface area contributed by atoms with Gasteiger partial charge in [0.1, 0.15) is 10.3 Å². The summed E-state index contributed by atoms with van der Waals surface area (Å²) in [5.41, 5.74) is 1.63. The van der Waals surface area contributed by atoms with Crippen molar-refractivity contribution in [1.29, 1.82) is 0 Å². The lowest BCUT2D eigenvalue weighted by atomic mass is 10.2. The van der Waals surface area contributed by atoms with E-state index >= 15 is 0 Å². The summed E-state index contributed by atoms with van der Waals surface area (Å²) in [6, 6.07) is 9.94. The van der Waals surface area contributed by atoms with Crippen molar-refractivity contribution in [3.63, 3.8) is 0 Å². The maximum absolute atomic E-state index is 12.5. The number of aryl methyl sites for hydroxylation is 1. The number of para-hydroxylation sites is 2. The molecule has 0 spiro atoms. The zero-order chi connectivity index (χ0) is 17.3. The van der Waals surface area contributed by atoms with Gasteiger partial charge in [0.15, 0.2) is 0 Å². The Bertz CT molecular complexity index is 978. The Morgan fingerprint density at radius 2 is 1.96 bits per heavy atom. The lowest BCUT2D eigenvalue weighted by molar-refractivity contribution is 0.102. The first-order chi connectivity index (χ1) is 11.5. The number of H-pyrrole nitrogens is 1. The van der Waals surface area contributed by atoms with E-state index in [-0.39, 0.29) is 21.6 Å². The number of amides is 1. The number of rotatable bonds is 3. The van der Waals surface area contributed by atoms with Gasteiger partial charge in [-0.2, -0.15) is 0 Å². The van der Waals surface area contributed by atoms with E-state index in [1.807, 2.05) is 0 Å². The number of nitrogens with zero attached hydrogens (tertiary/aromatic N) is 2. The van der Waals surface area contributed by atoms with Gasteiger partial charge in [-0.25, -0.2) is 9.78 Å². The number of anilines is 1. The highest BCUT2D eigenvalue weighted by Gasteiger charge is 2.15. The number of aromatic nitrogens is 3. The molecule has 6 nitrogen and oxygen atoms in total. The molecule has 0 atom stereocenters. The molecule has 3 rings (SSSR count). The van der Waals surface area contributed by atoms with Crippen LogP contribution in [-0.4, -0.2) is 20.4 Å². The summed E-state index contributed by atoms with van der Waals surface area (Å²) < 4.78 is 1.47. The fourth-order valence-corrected chi connectivity index (χ4v) is 2.73. The van der Waals surface area contributed by atoms with Crippen molar-refractivity contribution < 1.29 is 4.79 Å². The Hall–Kier alpha value is -2.57. The molecule has 24 heavy (non-hydrogen) atoms. The van der Waals surface area contributed by atoms with Crippen molar-refractivity contribution in [2.45, 2.75) is 6.92 Å². The molecule has 3 aromatic rings. The van der Waals surface area contributed by atoms with E-state index in [2.05, 4.69) is 15.3 Å². The molecule has 0 aliphatic carbocycles. The van der Waals surface area contributed by atoms with Crippen LogP contribution in [0.3, 0.4) is 0 Å². The second-order valence-corrected chi connectivity index (χ2v) is 5.76. The number of halogens is 2. The van der Waals surface area contributed by atoms with Crippen LogP contribution in [-0.2, 0) is 0 Å². The molecule has 1 amide bonds. The largest absolute Gasteiger partial charge is 0.330 e. The van der Waals surface area contributed by atoms with Crippen LogP contribution < -0.4 is 11.0 Å². The Morgan fingerprint density at radius 3 is 2.62 bits per heavy atom. The number of nitrogens with one attached hydrogen (secondary N) is 2. The Kier molecular flexibility index (Phi) is 4.42. The summed E-state index contributed by atoms with van der Waals surface area (Å²) in [5.74, 6) is -0.446. The number of hydrogen-bond donors (Lipinski definition) is 2. The summed E-state index contributed by atoms with van der Waals surface area (Å²) in [4.78, 5) is 30.9. The molecule has 0 bridgehead atoms. The van der Waals surface area contributed by atoms with Crippen molar-refractivity contribution in [2.75, 3.05) is 5.32 Å². The molecule has 2 N–H and O–H groups in total. The van der Waals surface area contributed by atoms with Crippen LogP contribution >= 0.6 is 23.2 Å². The van der Waals surface area contributed by atoms with Crippen molar-refractivity contribution in [1.82, 2.24) is 14.5 Å². The van der Waals surface area contributed by atoms with E-state index in [1.54, 1.807) is 37.4 Å². The van der Waals surface area contributed by atoms with Crippen LogP contribution in [0, 0.1) is 6.92 Å². The minimum atomic E-state index is -0.446. The van der Waals surface area contributed by atoms with Gasteiger partial charge in [0.2, 0.25) is 0 Å². The molecule has 0 saturated heterocycles. The normalized spacial score (nSPS) is 10.6. The minimum absolute atomic E-state index is 0.00692. The number of benzene rings is 1. The van der Waals surface area contributed by atoms with E-state index in [4.69, 9.17) is 23.2 Å². The first-order valence-electron chi connectivity index (χ1n) is 6.97. The summed E-state index contributed by atoms with van der Waals surface area (Å²) in [7, 11) is 0. The molecule has 122 valence electrons. The van der Waals surface area contributed by atoms with Crippen LogP contribution in [0.4, 0.5) is 5.69 Å². The van der Waals surface area contributed by atoms with Crippen molar-refractivity contribution >= 4 is 34.8 Å². The number of aromatic amines is 1. The summed E-state index contributed by atoms with van der Waals surface area (Å²) in [5, 5.41) is 2.96. The molecule has 0 saturated carbocycles. The van der Waals surface area contributed by atoms with Gasteiger partial charge in [-0.15, -0.1) is 0 Å². The number of pyridine rings is 1. The fraction of sp³-hybridized carbons (Fsp3) is 0.0625. The van der Waals surface area contributed by atoms with Gasteiger partial charge in [-0.1, -0.05) is 35.3 Å². The van der Waals surface area contributed by atoms with Crippen molar-refractivity contribution in [2.24, 2.45) is 0 Å². The lowest BCUT2D eigenvalue weighted by Gasteiger charge is -2.12. The molecular formula is C16H12Cl2N4O2. The Morgan fingerprint density at radius 1 is 1.21 bits per heavy atom. The molecule has 0 unspecified atom stereocenters. The van der Waals surface area contributed by atoms with Crippen molar-refractivity contribution in [3.8, 4) is 5.69 Å². The molecule has 0 aliphatic rings. The molecule has 0 fully saturated rings. The summed E-state index contributed by atoms with van der Waals surface area (Å²) in [6.07, 6.45) is 1.60. The summed E-state index contributed by atoms with van der Waals surface area (Å²) >= 11 is 11.7. The molecule has 0 aliphatic heterocycles. The third kappa shape index (κ3) is 3.06. The molecule has 0 radical (unpaired) electrons. The zero-order valence-corrected chi connectivity index (χ0v) is 14.0. The van der Waals surface area contributed by atoms with Crippen LogP contribution in [0.15, 0.2) is 47.4 Å². The van der Waals surface area contributed by atoms with Crippen LogP contribution in [0.25, 0.3) is 5.69 Å². The molecule has 2 heterocycles. The molecule has 1 aromatic carbocycles. The topological polar surface area (TPSA) is 79.8 Å². The quantitative estimate of drug-likeness (QED) is 0.700. The van der Waals surface area contributed by atoms with Gasteiger partial charge in [0.25, 0.3) is 5.91 Å². The number of imidazole rings is 1. The molecule has 2 aromatic heterocycles. The van der Waals surface area contributed by atoms with Gasteiger partial charge in [0, 0.05) is 11.9 Å². The Labute approximate surface area is 147 Å². The summed E-state index contributed by atoms with van der Waals surface area (Å²) in [6.45, 7) is 1.79.